The van der Waals surface area contributed by atoms with E-state index < -0.39 is 8.80 Å². The van der Waals surface area contributed by atoms with Crippen molar-refractivity contribution in [3.05, 3.63) is 0 Å². The van der Waals surface area contributed by atoms with Crippen molar-refractivity contribution < 1.29 is 27.7 Å². The van der Waals surface area contributed by atoms with Crippen molar-refractivity contribution in [1.82, 2.24) is 0 Å². The summed E-state index contributed by atoms with van der Waals surface area (Å²) in [7, 11) is 1.49. The molecule has 1 aliphatic heterocycles. The van der Waals surface area contributed by atoms with Gasteiger partial charge in [-0.05, 0) is 19.3 Å². The number of aliphatic hydroxyl groups is 1. The van der Waals surface area contributed by atoms with Gasteiger partial charge >= 0.3 is 8.80 Å². The van der Waals surface area contributed by atoms with Crippen molar-refractivity contribution in [2.75, 3.05) is 73.2 Å². The van der Waals surface area contributed by atoms with Gasteiger partial charge in [-0.1, -0.05) is 26.7 Å². The molecule has 1 saturated heterocycles. The molecule has 0 unspecified atom stereocenters. The van der Waals surface area contributed by atoms with E-state index in [2.05, 4.69) is 27.9 Å². The van der Waals surface area contributed by atoms with Gasteiger partial charge in [0, 0.05) is 12.5 Å². The molecule has 1 heterocycles. The van der Waals surface area contributed by atoms with Crippen LogP contribution < -0.4 is 0 Å². The largest absolute Gasteiger partial charge is 0.498 e. The highest BCUT2D eigenvalue weighted by atomic mass is 28.4. The van der Waals surface area contributed by atoms with Crippen LogP contribution in [0, 0.1) is 0 Å². The van der Waals surface area contributed by atoms with Crippen LogP contribution in [0.1, 0.15) is 52.4 Å². The van der Waals surface area contributed by atoms with E-state index in [0.717, 1.165) is 61.0 Å². The molecule has 1 aliphatic rings. The molecule has 2 N–H and O–H groups in total. The molecule has 6 nitrogen and oxygen atoms in total. The number of nitrogens with zero attached hydrogens (tertiary/aromatic N) is 2. The van der Waals surface area contributed by atoms with E-state index in [1.165, 1.54) is 25.8 Å². The van der Waals surface area contributed by atoms with E-state index in [9.17, 15) is 9.90 Å². The molecule has 0 spiro atoms. The minimum absolute atomic E-state index is 0.191. The molecule has 0 aliphatic carbocycles. The van der Waals surface area contributed by atoms with Gasteiger partial charge in [0.1, 0.15) is 19.6 Å². The second-order valence-electron chi connectivity index (χ2n) is 8.92. The minimum atomic E-state index is -3.06. The maximum Gasteiger partial charge on any atom is 0.498 e. The fourth-order valence-corrected chi connectivity index (χ4v) is 5.79. The monoisotopic (exact) mass is 406 g/mol. The average molecular weight is 407 g/mol. The Morgan fingerprint density at radius 2 is 1.48 bits per heavy atom. The van der Waals surface area contributed by atoms with Gasteiger partial charge in [0.25, 0.3) is 0 Å². The third-order valence-corrected chi connectivity index (χ3v) is 8.27. The molecular weight excluding hydrogens is 360 g/mol. The lowest BCUT2D eigenvalue weighted by molar-refractivity contribution is -0.929. The molecule has 162 valence electrons. The van der Waals surface area contributed by atoms with E-state index in [0.29, 0.717) is 19.3 Å². The molecule has 0 atom stereocenters. The predicted molar refractivity (Wildman–Crippen MR) is 112 cm³/mol. The van der Waals surface area contributed by atoms with Crippen molar-refractivity contribution in [2.45, 2.75) is 58.4 Å². The molecule has 0 aromatic carbocycles. The topological polar surface area (TPSA) is 58.9 Å². The number of unbranched alkanes of at least 4 members (excludes halogenated alkanes) is 3. The summed E-state index contributed by atoms with van der Waals surface area (Å²) in [6.07, 6.45) is 7.04. The molecule has 1 fully saturated rings. The lowest BCUT2D eigenvalue weighted by Gasteiger charge is -2.41. The first-order chi connectivity index (χ1) is 12.8. The number of rotatable bonds is 13. The first-order valence-electron chi connectivity index (χ1n) is 11.1. The summed E-state index contributed by atoms with van der Waals surface area (Å²) in [5.41, 5.74) is 0. The summed E-state index contributed by atoms with van der Waals surface area (Å²) in [5.74, 6) is 0. The third-order valence-electron chi connectivity index (χ3n) is 5.97. The molecule has 0 amide bonds. The minimum Gasteiger partial charge on any atom is -0.391 e. The lowest BCUT2D eigenvalue weighted by Crippen LogP contribution is -2.58. The quantitative estimate of drug-likeness (QED) is 0.280. The van der Waals surface area contributed by atoms with E-state index in [4.69, 9.17) is 8.85 Å². The van der Waals surface area contributed by atoms with Crippen molar-refractivity contribution in [3.63, 3.8) is 0 Å². The van der Waals surface area contributed by atoms with Crippen LogP contribution in [0.2, 0.25) is 6.04 Å². The van der Waals surface area contributed by atoms with Gasteiger partial charge in [-0.25, -0.2) is 0 Å². The van der Waals surface area contributed by atoms with Crippen molar-refractivity contribution >= 4 is 8.80 Å². The molecule has 0 saturated carbocycles. The molecule has 0 radical (unpaired) electrons. The second-order valence-corrected chi connectivity index (χ2v) is 11.4. The highest BCUT2D eigenvalue weighted by Crippen LogP contribution is 2.20. The van der Waals surface area contributed by atoms with Crippen molar-refractivity contribution in [2.24, 2.45) is 0 Å². The number of hydrogen-bond donors (Lipinski definition) is 2. The Morgan fingerprint density at radius 1 is 0.889 bits per heavy atom. The summed E-state index contributed by atoms with van der Waals surface area (Å²) in [6.45, 7) is 11.4. The Morgan fingerprint density at radius 3 is 2.04 bits per heavy atom. The maximum atomic E-state index is 10.9. The van der Waals surface area contributed by atoms with E-state index in [-0.39, 0.29) is 6.61 Å². The predicted octanol–water partition coefficient (Wildman–Crippen LogP) is 2.23. The summed E-state index contributed by atoms with van der Waals surface area (Å²) in [6, 6.07) is 0.650. The maximum absolute atomic E-state index is 10.9. The van der Waals surface area contributed by atoms with E-state index >= 15 is 0 Å². The fourth-order valence-electron chi connectivity index (χ4n) is 3.99. The van der Waals surface area contributed by atoms with Crippen molar-refractivity contribution in [3.8, 4) is 0 Å². The van der Waals surface area contributed by atoms with Crippen LogP contribution in [0.25, 0.3) is 0 Å². The molecule has 0 aromatic rings. The van der Waals surface area contributed by atoms with Gasteiger partial charge in [-0.2, -0.15) is 0 Å². The van der Waals surface area contributed by atoms with Gasteiger partial charge in [-0.15, -0.1) is 0 Å². The van der Waals surface area contributed by atoms with Crippen LogP contribution in [-0.2, 0) is 8.85 Å². The number of hydrogen-bond acceptors (Lipinski definition) is 4. The fraction of sp³-hybridized carbons (Fsp3) is 1.00. The Hall–Kier alpha value is -0.0231. The molecule has 27 heavy (non-hydrogen) atoms. The summed E-state index contributed by atoms with van der Waals surface area (Å²) >= 11 is 0. The summed E-state index contributed by atoms with van der Waals surface area (Å²) in [4.78, 5) is 10.9. The van der Waals surface area contributed by atoms with Crippen LogP contribution in [0.4, 0.5) is 0 Å². The average Bonchev–Trinajstić information content (AvgIpc) is 2.58. The third kappa shape index (κ3) is 9.83. The zero-order valence-electron chi connectivity index (χ0n) is 18.4. The first kappa shape index (κ1) is 25.0. The number of quaternary nitrogens is 2. The molecule has 0 bridgehead atoms. The lowest BCUT2D eigenvalue weighted by atomic mass is 10.2. The van der Waals surface area contributed by atoms with E-state index in [1.54, 1.807) is 0 Å². The smallest absolute Gasteiger partial charge is 0.391 e. The molecular formula is C20H46N2O4Si+2. The van der Waals surface area contributed by atoms with E-state index in [1.807, 2.05) is 0 Å². The SMILES string of the molecule is CCCCC[N+](C)(C)CCC[Si]1(O)OCC[N+](CCO)(CCCC)CCO1. The molecule has 7 heteroatoms. The Balaban J connectivity index is 2.46. The highest BCUT2D eigenvalue weighted by molar-refractivity contribution is 6.59. The molecule has 0 aromatic heterocycles. The Labute approximate surface area is 168 Å². The van der Waals surface area contributed by atoms with Crippen LogP contribution >= 0.6 is 0 Å². The van der Waals surface area contributed by atoms with Gasteiger partial charge < -0.3 is 27.7 Å². The zero-order valence-corrected chi connectivity index (χ0v) is 19.4. The summed E-state index contributed by atoms with van der Waals surface area (Å²) < 4.78 is 13.7. The van der Waals surface area contributed by atoms with Crippen LogP contribution in [0.5, 0.6) is 0 Å². The highest BCUT2D eigenvalue weighted by Gasteiger charge is 2.41. The first-order valence-corrected chi connectivity index (χ1v) is 13.1. The standard InChI is InChI=1S/C20H46N2O4Si/c1-5-7-9-11-21(3,4)12-10-20-27(24)25-18-15-22(14-17-23,13-8-6-2)16-19-26-27/h23-24H,5-20H2,1-4H3/q+2. The zero-order chi connectivity index (χ0) is 20.2. The van der Waals surface area contributed by atoms with Crippen molar-refractivity contribution in [1.29, 1.82) is 0 Å². The van der Waals surface area contributed by atoms with Crippen LogP contribution in [0.15, 0.2) is 0 Å². The normalized spacial score (nSPS) is 27.3. The molecule has 1 rings (SSSR count). The summed E-state index contributed by atoms with van der Waals surface area (Å²) in [5, 5.41) is 9.48. The van der Waals surface area contributed by atoms with Gasteiger partial charge in [-0.3, -0.25) is 0 Å². The van der Waals surface area contributed by atoms with Gasteiger partial charge in [0.05, 0.1) is 53.6 Å². The van der Waals surface area contributed by atoms with Crippen LogP contribution in [-0.4, -0.2) is 101 Å². The van der Waals surface area contributed by atoms with Gasteiger partial charge in [0.15, 0.2) is 0 Å². The number of aliphatic hydroxyl groups excluding tert-OH is 1. The Bertz CT molecular complexity index is 386. The van der Waals surface area contributed by atoms with Crippen LogP contribution in [0.3, 0.4) is 0 Å². The Kier molecular flexibility index (Phi) is 11.6. The van der Waals surface area contributed by atoms with Gasteiger partial charge in [0.2, 0.25) is 0 Å². The second kappa shape index (κ2) is 12.5.